The third-order valence-corrected chi connectivity index (χ3v) is 6.72. The van der Waals surface area contributed by atoms with Crippen molar-refractivity contribution >= 4 is 24.6 Å². The molecule has 2 unspecified atom stereocenters. The first-order valence-corrected chi connectivity index (χ1v) is 14.9. The minimum atomic E-state index is -4.64. The van der Waals surface area contributed by atoms with Crippen molar-refractivity contribution in [1.82, 2.24) is 4.90 Å². The van der Waals surface area contributed by atoms with Crippen LogP contribution in [0.25, 0.3) is 10.8 Å². The smallest absolute Gasteiger partial charge is 0.466 e. The number of hydrogen-bond donors (Lipinski definition) is 3. The number of phosphoric acid groups is 1. The molecule has 0 bridgehead atoms. The second-order valence-electron chi connectivity index (χ2n) is 10.4. The molecule has 1 aliphatic heterocycles. The summed E-state index contributed by atoms with van der Waals surface area (Å²) in [7, 11) is -2.96. The second kappa shape index (κ2) is 14.7. The first kappa shape index (κ1) is 31.7. The first-order valence-electron chi connectivity index (χ1n) is 13.4. The molecule has 0 aromatic heterocycles. The van der Waals surface area contributed by atoms with Crippen molar-refractivity contribution in [3.05, 3.63) is 77.4 Å². The van der Waals surface area contributed by atoms with Crippen LogP contribution in [-0.4, -0.2) is 65.5 Å². The third-order valence-electron chi connectivity index (χ3n) is 6.72. The minimum Gasteiger partial charge on any atom is -0.497 e. The second-order valence-corrected chi connectivity index (χ2v) is 11.4. The standard InChI is InChI=1S/C30H37NO4.H3O4P/c1-21(2)17-23-5-7-24(8-6-23)22(3)30(32)35-16-14-31-13-15-34-29(20-31)27-10-9-26-19-28(33-4)12-11-25(26)18-27;1-5(2,3)4/h5-12,18-19,21-22,29H,13-17,20H2,1-4H3;(H3,1,2,3,4). The van der Waals surface area contributed by atoms with Crippen molar-refractivity contribution in [2.75, 3.05) is 40.0 Å². The van der Waals surface area contributed by atoms with Crippen molar-refractivity contribution in [3.63, 3.8) is 0 Å². The number of carbonyl (C=O) groups excluding carboxylic acids is 1. The lowest BCUT2D eigenvalue weighted by molar-refractivity contribution is -0.146. The van der Waals surface area contributed by atoms with Gasteiger partial charge in [0, 0.05) is 19.6 Å². The normalized spacial score (nSPS) is 16.8. The van der Waals surface area contributed by atoms with E-state index in [1.807, 2.05) is 19.1 Å². The van der Waals surface area contributed by atoms with Crippen LogP contribution in [0.3, 0.4) is 0 Å². The van der Waals surface area contributed by atoms with E-state index in [1.165, 1.54) is 16.5 Å². The Morgan fingerprint density at radius 1 is 1.02 bits per heavy atom. The van der Waals surface area contributed by atoms with Crippen molar-refractivity contribution in [3.8, 4) is 5.75 Å². The molecule has 0 saturated carbocycles. The number of carbonyl (C=O) groups is 1. The summed E-state index contributed by atoms with van der Waals surface area (Å²) in [4.78, 5) is 36.5. The van der Waals surface area contributed by atoms with Gasteiger partial charge in [-0.15, -0.1) is 0 Å². The predicted molar refractivity (Wildman–Crippen MR) is 154 cm³/mol. The largest absolute Gasteiger partial charge is 0.497 e. The number of nitrogens with zero attached hydrogens (tertiary/aromatic N) is 1. The van der Waals surface area contributed by atoms with E-state index in [2.05, 4.69) is 67.3 Å². The molecule has 9 nitrogen and oxygen atoms in total. The Bertz CT molecular complexity index is 1280. The van der Waals surface area contributed by atoms with Crippen LogP contribution in [0.5, 0.6) is 5.75 Å². The average molecular weight is 574 g/mol. The molecule has 3 aromatic carbocycles. The van der Waals surface area contributed by atoms with Gasteiger partial charge in [-0.2, -0.15) is 0 Å². The number of ether oxygens (including phenoxy) is 3. The third kappa shape index (κ3) is 10.3. The zero-order chi connectivity index (χ0) is 29.3. The Morgan fingerprint density at radius 3 is 2.33 bits per heavy atom. The molecule has 1 saturated heterocycles. The van der Waals surface area contributed by atoms with Crippen molar-refractivity contribution in [2.45, 2.75) is 39.2 Å². The molecule has 3 aromatic rings. The Hall–Kier alpha value is -2.78. The Kier molecular flexibility index (Phi) is 11.7. The average Bonchev–Trinajstić information content (AvgIpc) is 2.91. The van der Waals surface area contributed by atoms with E-state index in [4.69, 9.17) is 33.5 Å². The van der Waals surface area contributed by atoms with Crippen LogP contribution in [0, 0.1) is 5.92 Å². The lowest BCUT2D eigenvalue weighted by atomic mass is 9.97. The molecule has 1 heterocycles. The van der Waals surface area contributed by atoms with Crippen LogP contribution in [0.15, 0.2) is 60.7 Å². The van der Waals surface area contributed by atoms with Gasteiger partial charge in [-0.1, -0.05) is 56.3 Å². The molecule has 1 aliphatic rings. The molecule has 0 radical (unpaired) electrons. The molecular weight excluding hydrogens is 533 g/mol. The highest BCUT2D eigenvalue weighted by atomic mass is 31.2. The van der Waals surface area contributed by atoms with Gasteiger partial charge in [0.25, 0.3) is 0 Å². The number of methoxy groups -OCH3 is 1. The maximum Gasteiger partial charge on any atom is 0.466 e. The predicted octanol–water partition coefficient (Wildman–Crippen LogP) is 4.84. The van der Waals surface area contributed by atoms with E-state index in [0.29, 0.717) is 25.7 Å². The lowest BCUT2D eigenvalue weighted by Gasteiger charge is -2.33. The quantitative estimate of drug-likeness (QED) is 0.244. The highest BCUT2D eigenvalue weighted by Crippen LogP contribution is 2.28. The SMILES string of the molecule is COc1ccc2cc(C3CN(CCOC(=O)C(C)c4ccc(CC(C)C)cc4)CCO3)ccc2c1.O=P(O)(O)O. The van der Waals surface area contributed by atoms with E-state index < -0.39 is 7.82 Å². The fourth-order valence-electron chi connectivity index (χ4n) is 4.63. The molecule has 3 N–H and O–H groups in total. The van der Waals surface area contributed by atoms with Gasteiger partial charge in [-0.05, 0) is 64.9 Å². The molecule has 4 rings (SSSR count). The number of benzene rings is 3. The van der Waals surface area contributed by atoms with E-state index in [1.54, 1.807) is 7.11 Å². The van der Waals surface area contributed by atoms with Gasteiger partial charge in [-0.3, -0.25) is 9.69 Å². The maximum atomic E-state index is 12.6. The van der Waals surface area contributed by atoms with E-state index in [-0.39, 0.29) is 18.0 Å². The van der Waals surface area contributed by atoms with Gasteiger partial charge in [-0.25, -0.2) is 4.57 Å². The Balaban J connectivity index is 0.000000810. The monoisotopic (exact) mass is 573 g/mol. The van der Waals surface area contributed by atoms with Crippen molar-refractivity contribution < 1.29 is 38.3 Å². The first-order chi connectivity index (χ1) is 18.9. The highest BCUT2D eigenvalue weighted by molar-refractivity contribution is 7.45. The van der Waals surface area contributed by atoms with Gasteiger partial charge < -0.3 is 28.9 Å². The minimum absolute atomic E-state index is 0.00855. The molecule has 10 heteroatoms. The number of morpholine rings is 1. The molecular formula is C30H40NO8P. The van der Waals surface area contributed by atoms with Crippen molar-refractivity contribution in [2.24, 2.45) is 5.92 Å². The summed E-state index contributed by atoms with van der Waals surface area (Å²) in [5.74, 6) is 1.04. The van der Waals surface area contributed by atoms with Crippen molar-refractivity contribution in [1.29, 1.82) is 0 Å². The van der Waals surface area contributed by atoms with Gasteiger partial charge in [0.15, 0.2) is 0 Å². The number of fused-ring (bicyclic) bond motifs is 1. The molecule has 0 amide bonds. The summed E-state index contributed by atoms with van der Waals surface area (Å²) in [6.07, 6.45) is 1.06. The van der Waals surface area contributed by atoms with E-state index in [0.717, 1.165) is 36.2 Å². The molecule has 0 aliphatic carbocycles. The van der Waals surface area contributed by atoms with Crippen LogP contribution >= 0.6 is 7.82 Å². The lowest BCUT2D eigenvalue weighted by Crippen LogP contribution is -2.40. The fraction of sp³-hybridized carbons (Fsp3) is 0.433. The van der Waals surface area contributed by atoms with Gasteiger partial charge >= 0.3 is 13.8 Å². The Morgan fingerprint density at radius 2 is 1.68 bits per heavy atom. The number of hydrogen-bond acceptors (Lipinski definition) is 6. The fourth-order valence-corrected chi connectivity index (χ4v) is 4.63. The number of rotatable bonds is 9. The molecule has 218 valence electrons. The van der Waals surface area contributed by atoms with Gasteiger partial charge in [0.1, 0.15) is 12.4 Å². The summed E-state index contributed by atoms with van der Waals surface area (Å²) < 4.78 is 25.9. The van der Waals surface area contributed by atoms with Crippen LogP contribution in [0.1, 0.15) is 49.5 Å². The summed E-state index contributed by atoms with van der Waals surface area (Å²) in [6.45, 7) is 9.72. The van der Waals surface area contributed by atoms with Crippen LogP contribution in [0.2, 0.25) is 0 Å². The molecule has 0 spiro atoms. The molecule has 40 heavy (non-hydrogen) atoms. The van der Waals surface area contributed by atoms with Crippen LogP contribution in [-0.2, 0) is 25.3 Å². The summed E-state index contributed by atoms with van der Waals surface area (Å²) >= 11 is 0. The molecule has 2 atom stereocenters. The van der Waals surface area contributed by atoms with Gasteiger partial charge in [0.2, 0.25) is 0 Å². The summed E-state index contributed by atoms with van der Waals surface area (Å²) in [6, 6.07) is 20.9. The number of esters is 1. The Labute approximate surface area is 235 Å². The summed E-state index contributed by atoms with van der Waals surface area (Å²) in [5.41, 5.74) is 3.47. The van der Waals surface area contributed by atoms with E-state index >= 15 is 0 Å². The zero-order valence-corrected chi connectivity index (χ0v) is 24.4. The maximum absolute atomic E-state index is 12.6. The van der Waals surface area contributed by atoms with E-state index in [9.17, 15) is 4.79 Å². The molecule has 1 fully saturated rings. The highest BCUT2D eigenvalue weighted by Gasteiger charge is 2.23. The van der Waals surface area contributed by atoms with Gasteiger partial charge in [0.05, 0.1) is 25.7 Å². The zero-order valence-electron chi connectivity index (χ0n) is 23.5. The van der Waals surface area contributed by atoms with Crippen LogP contribution < -0.4 is 4.74 Å². The van der Waals surface area contributed by atoms with Crippen LogP contribution in [0.4, 0.5) is 0 Å². The topological polar surface area (TPSA) is 126 Å². The summed E-state index contributed by atoms with van der Waals surface area (Å²) in [5, 5.41) is 2.32.